The van der Waals surface area contributed by atoms with Crippen LogP contribution in [0.15, 0.2) is 46.9 Å². The van der Waals surface area contributed by atoms with Crippen LogP contribution in [-0.2, 0) is 6.54 Å². The van der Waals surface area contributed by atoms with Crippen molar-refractivity contribution < 1.29 is 9.18 Å². The van der Waals surface area contributed by atoms with E-state index in [0.29, 0.717) is 12.1 Å². The molecule has 3 nitrogen and oxygen atoms in total. The highest BCUT2D eigenvalue weighted by atomic mass is 79.9. The number of halogens is 2. The van der Waals surface area contributed by atoms with Crippen LogP contribution in [0, 0.1) is 5.82 Å². The average molecular weight is 337 g/mol. The Morgan fingerprint density at radius 1 is 1.30 bits per heavy atom. The van der Waals surface area contributed by atoms with Gasteiger partial charge in [0.05, 0.1) is 5.69 Å². The van der Waals surface area contributed by atoms with Crippen LogP contribution >= 0.6 is 15.9 Å². The third-order valence-corrected chi connectivity index (χ3v) is 3.73. The zero-order valence-corrected chi connectivity index (χ0v) is 12.5. The number of carbonyl (C=O) groups excluding carboxylic acids is 1. The molecule has 0 saturated heterocycles. The van der Waals surface area contributed by atoms with Crippen molar-refractivity contribution in [2.75, 3.05) is 12.8 Å². The van der Waals surface area contributed by atoms with Gasteiger partial charge in [-0.05, 0) is 29.8 Å². The molecule has 0 heterocycles. The first-order valence-electron chi connectivity index (χ1n) is 6.03. The standard InChI is InChI=1S/C15H14BrFN2O/c1-19(9-11-4-2-3-5-12(11)16)15(20)10-6-7-13(17)14(18)8-10/h2-8H,9,18H2,1H3. The number of hydrogen-bond acceptors (Lipinski definition) is 2. The molecule has 0 bridgehead atoms. The molecule has 104 valence electrons. The SMILES string of the molecule is CN(Cc1ccccc1Br)C(=O)c1ccc(F)c(N)c1. The molecule has 0 aliphatic carbocycles. The highest BCUT2D eigenvalue weighted by molar-refractivity contribution is 9.10. The Balaban J connectivity index is 2.16. The molecule has 0 aliphatic rings. The van der Waals surface area contributed by atoms with Crippen LogP contribution in [0.2, 0.25) is 0 Å². The Labute approximate surface area is 125 Å². The number of anilines is 1. The van der Waals surface area contributed by atoms with Gasteiger partial charge in [-0.15, -0.1) is 0 Å². The van der Waals surface area contributed by atoms with Crippen LogP contribution in [0.1, 0.15) is 15.9 Å². The number of nitrogen functional groups attached to an aromatic ring is 1. The van der Waals surface area contributed by atoms with Gasteiger partial charge in [-0.25, -0.2) is 4.39 Å². The predicted molar refractivity (Wildman–Crippen MR) is 80.8 cm³/mol. The van der Waals surface area contributed by atoms with Gasteiger partial charge in [0, 0.05) is 23.6 Å². The molecule has 2 rings (SSSR count). The minimum Gasteiger partial charge on any atom is -0.396 e. The third-order valence-electron chi connectivity index (χ3n) is 2.95. The van der Waals surface area contributed by atoms with Crippen molar-refractivity contribution in [1.29, 1.82) is 0 Å². The Morgan fingerprint density at radius 3 is 2.65 bits per heavy atom. The summed E-state index contributed by atoms with van der Waals surface area (Å²) in [7, 11) is 1.70. The first kappa shape index (κ1) is 14.5. The first-order valence-corrected chi connectivity index (χ1v) is 6.82. The van der Waals surface area contributed by atoms with E-state index in [2.05, 4.69) is 15.9 Å². The van der Waals surface area contributed by atoms with Crippen LogP contribution in [0.25, 0.3) is 0 Å². The molecular formula is C15H14BrFN2O. The molecular weight excluding hydrogens is 323 g/mol. The minimum absolute atomic E-state index is 0.0230. The topological polar surface area (TPSA) is 46.3 Å². The van der Waals surface area contributed by atoms with Crippen LogP contribution in [0.4, 0.5) is 10.1 Å². The Morgan fingerprint density at radius 2 is 2.00 bits per heavy atom. The molecule has 20 heavy (non-hydrogen) atoms. The Kier molecular flexibility index (Phi) is 4.39. The van der Waals surface area contributed by atoms with E-state index in [9.17, 15) is 9.18 Å². The molecule has 0 aromatic heterocycles. The fraction of sp³-hybridized carbons (Fsp3) is 0.133. The normalized spacial score (nSPS) is 10.3. The Bertz CT molecular complexity index is 646. The smallest absolute Gasteiger partial charge is 0.253 e. The lowest BCUT2D eigenvalue weighted by Crippen LogP contribution is -2.26. The average Bonchev–Trinajstić information content (AvgIpc) is 2.43. The van der Waals surface area contributed by atoms with E-state index in [0.717, 1.165) is 10.0 Å². The van der Waals surface area contributed by atoms with E-state index >= 15 is 0 Å². The fourth-order valence-electron chi connectivity index (χ4n) is 1.85. The van der Waals surface area contributed by atoms with Gasteiger partial charge in [-0.2, -0.15) is 0 Å². The number of carbonyl (C=O) groups is 1. The molecule has 2 N–H and O–H groups in total. The largest absolute Gasteiger partial charge is 0.396 e. The molecule has 1 amide bonds. The molecule has 0 saturated carbocycles. The summed E-state index contributed by atoms with van der Waals surface area (Å²) in [5.74, 6) is -0.720. The zero-order valence-electron chi connectivity index (χ0n) is 10.9. The Hall–Kier alpha value is -1.88. The second-order valence-electron chi connectivity index (χ2n) is 4.49. The van der Waals surface area contributed by atoms with Gasteiger partial charge in [0.15, 0.2) is 0 Å². The minimum atomic E-state index is -0.519. The van der Waals surface area contributed by atoms with Crippen molar-refractivity contribution in [3.05, 3.63) is 63.9 Å². The van der Waals surface area contributed by atoms with E-state index in [1.165, 1.54) is 18.2 Å². The van der Waals surface area contributed by atoms with Gasteiger partial charge in [0.2, 0.25) is 0 Å². The first-order chi connectivity index (χ1) is 9.49. The number of benzene rings is 2. The number of nitrogens with zero attached hydrogens (tertiary/aromatic N) is 1. The highest BCUT2D eigenvalue weighted by Gasteiger charge is 2.14. The van der Waals surface area contributed by atoms with Crippen molar-refractivity contribution in [2.45, 2.75) is 6.54 Å². The van der Waals surface area contributed by atoms with Gasteiger partial charge >= 0.3 is 0 Å². The van der Waals surface area contributed by atoms with Crippen molar-refractivity contribution in [3.63, 3.8) is 0 Å². The summed E-state index contributed by atoms with van der Waals surface area (Å²) in [5, 5.41) is 0. The van der Waals surface area contributed by atoms with Crippen LogP contribution in [-0.4, -0.2) is 17.9 Å². The third kappa shape index (κ3) is 3.17. The van der Waals surface area contributed by atoms with Crippen LogP contribution in [0.3, 0.4) is 0 Å². The fourth-order valence-corrected chi connectivity index (χ4v) is 2.26. The van der Waals surface area contributed by atoms with Gasteiger partial charge in [-0.3, -0.25) is 4.79 Å². The van der Waals surface area contributed by atoms with E-state index in [1.807, 2.05) is 24.3 Å². The summed E-state index contributed by atoms with van der Waals surface area (Å²) >= 11 is 3.44. The maximum atomic E-state index is 13.1. The zero-order chi connectivity index (χ0) is 14.7. The van der Waals surface area contributed by atoms with Crippen molar-refractivity contribution in [2.24, 2.45) is 0 Å². The van der Waals surface area contributed by atoms with E-state index in [4.69, 9.17) is 5.73 Å². The molecule has 0 spiro atoms. The summed E-state index contributed by atoms with van der Waals surface area (Å²) in [4.78, 5) is 13.8. The molecule has 0 radical (unpaired) electrons. The highest BCUT2D eigenvalue weighted by Crippen LogP contribution is 2.19. The summed E-state index contributed by atoms with van der Waals surface area (Å²) in [6, 6.07) is 11.7. The molecule has 2 aromatic carbocycles. The maximum Gasteiger partial charge on any atom is 0.253 e. The predicted octanol–water partition coefficient (Wildman–Crippen LogP) is 3.44. The molecule has 0 atom stereocenters. The summed E-state index contributed by atoms with van der Waals surface area (Å²) in [6.07, 6.45) is 0. The molecule has 0 fully saturated rings. The van der Waals surface area contributed by atoms with Gasteiger partial charge in [-0.1, -0.05) is 34.1 Å². The molecule has 0 aliphatic heterocycles. The van der Waals surface area contributed by atoms with E-state index in [1.54, 1.807) is 11.9 Å². The number of rotatable bonds is 3. The number of amides is 1. The van der Waals surface area contributed by atoms with Gasteiger partial charge in [0.1, 0.15) is 5.82 Å². The maximum absolute atomic E-state index is 13.1. The summed E-state index contributed by atoms with van der Waals surface area (Å²) in [6.45, 7) is 0.456. The lowest BCUT2D eigenvalue weighted by atomic mass is 10.1. The van der Waals surface area contributed by atoms with E-state index < -0.39 is 5.82 Å². The number of hydrogen-bond donors (Lipinski definition) is 1. The van der Waals surface area contributed by atoms with Gasteiger partial charge in [0.25, 0.3) is 5.91 Å². The lowest BCUT2D eigenvalue weighted by molar-refractivity contribution is 0.0785. The lowest BCUT2D eigenvalue weighted by Gasteiger charge is -2.18. The van der Waals surface area contributed by atoms with Crippen molar-refractivity contribution in [3.8, 4) is 0 Å². The van der Waals surface area contributed by atoms with Gasteiger partial charge < -0.3 is 10.6 Å². The molecule has 0 unspecified atom stereocenters. The number of nitrogens with two attached hydrogens (primary N) is 1. The summed E-state index contributed by atoms with van der Waals surface area (Å²) in [5.41, 5.74) is 6.83. The second kappa shape index (κ2) is 6.05. The van der Waals surface area contributed by atoms with Crippen LogP contribution < -0.4 is 5.73 Å². The molecule has 5 heteroatoms. The second-order valence-corrected chi connectivity index (χ2v) is 5.34. The summed E-state index contributed by atoms with van der Waals surface area (Å²) < 4.78 is 14.0. The van der Waals surface area contributed by atoms with Crippen molar-refractivity contribution in [1.82, 2.24) is 4.90 Å². The van der Waals surface area contributed by atoms with E-state index in [-0.39, 0.29) is 11.6 Å². The quantitative estimate of drug-likeness (QED) is 0.872. The van der Waals surface area contributed by atoms with Crippen molar-refractivity contribution >= 4 is 27.5 Å². The molecule has 2 aromatic rings. The monoisotopic (exact) mass is 336 g/mol. The van der Waals surface area contributed by atoms with Crippen LogP contribution in [0.5, 0.6) is 0 Å².